The van der Waals surface area contributed by atoms with Crippen LogP contribution < -0.4 is 0 Å². The van der Waals surface area contributed by atoms with Crippen molar-refractivity contribution in [2.24, 2.45) is 0 Å². The Balaban J connectivity index is 2.29. The largest absolute Gasteiger partial charge is 0.204 e. The van der Waals surface area contributed by atoms with Gasteiger partial charge in [0.05, 0.1) is 6.54 Å². The number of aromatic nitrogens is 4. The molecule has 0 radical (unpaired) electrons. The van der Waals surface area contributed by atoms with E-state index in [1.165, 1.54) is 3.57 Å². The van der Waals surface area contributed by atoms with Gasteiger partial charge in [-0.25, -0.2) is 0 Å². The minimum absolute atomic E-state index is 0.696. The van der Waals surface area contributed by atoms with Crippen molar-refractivity contribution in [1.29, 1.82) is 0 Å². The van der Waals surface area contributed by atoms with Crippen LogP contribution in [0.5, 0.6) is 0 Å². The number of aryl methyl sites for hydroxylation is 1. The summed E-state index contributed by atoms with van der Waals surface area (Å²) in [6, 6.07) is 8.08. The van der Waals surface area contributed by atoms with Crippen molar-refractivity contribution >= 4 is 22.6 Å². The number of hydrogen-bond acceptors (Lipinski definition) is 3. The average molecular weight is 314 g/mol. The molecule has 15 heavy (non-hydrogen) atoms. The summed E-state index contributed by atoms with van der Waals surface area (Å²) >= 11 is 2.27. The van der Waals surface area contributed by atoms with Gasteiger partial charge in [-0.1, -0.05) is 19.1 Å². The molecule has 0 amide bonds. The Bertz CT molecular complexity index is 452. The molecule has 0 saturated heterocycles. The number of hydrogen-bond donors (Lipinski definition) is 0. The van der Waals surface area contributed by atoms with Crippen molar-refractivity contribution in [2.75, 3.05) is 0 Å². The summed E-state index contributed by atoms with van der Waals surface area (Å²) in [7, 11) is 0. The van der Waals surface area contributed by atoms with Crippen molar-refractivity contribution < 1.29 is 0 Å². The fraction of sp³-hybridized carbons (Fsp3) is 0.300. The molecule has 78 valence electrons. The van der Waals surface area contributed by atoms with Gasteiger partial charge in [0, 0.05) is 9.13 Å². The van der Waals surface area contributed by atoms with Crippen molar-refractivity contribution in [3.63, 3.8) is 0 Å². The van der Waals surface area contributed by atoms with E-state index in [1.807, 2.05) is 24.3 Å². The van der Waals surface area contributed by atoms with E-state index < -0.39 is 0 Å². The summed E-state index contributed by atoms with van der Waals surface area (Å²) in [6.45, 7) is 2.91. The Morgan fingerprint density at radius 3 is 3.00 bits per heavy atom. The predicted molar refractivity (Wildman–Crippen MR) is 66.3 cm³/mol. The molecule has 1 heterocycles. The van der Waals surface area contributed by atoms with Gasteiger partial charge in [0.1, 0.15) is 0 Å². The van der Waals surface area contributed by atoms with Gasteiger partial charge < -0.3 is 0 Å². The normalized spacial score (nSPS) is 10.5. The highest BCUT2D eigenvalue weighted by Gasteiger charge is 2.04. The Labute approximate surface area is 102 Å². The van der Waals surface area contributed by atoms with Crippen LogP contribution in [0.15, 0.2) is 24.3 Å². The van der Waals surface area contributed by atoms with E-state index in [9.17, 15) is 0 Å². The molecular weight excluding hydrogens is 303 g/mol. The lowest BCUT2D eigenvalue weighted by molar-refractivity contribution is 0.515. The molecule has 0 aliphatic carbocycles. The maximum Gasteiger partial charge on any atom is 0.204 e. The molecule has 4 nitrogen and oxygen atoms in total. The average Bonchev–Trinajstić information content (AvgIpc) is 2.67. The molecule has 1 aromatic carbocycles. The third kappa shape index (κ3) is 2.53. The molecule has 0 saturated carbocycles. The lowest BCUT2D eigenvalue weighted by Gasteiger charge is -1.95. The van der Waals surface area contributed by atoms with E-state index >= 15 is 0 Å². The fourth-order valence-corrected chi connectivity index (χ4v) is 1.82. The minimum Gasteiger partial charge on any atom is -0.164 e. The number of benzene rings is 1. The van der Waals surface area contributed by atoms with Crippen LogP contribution in [0.25, 0.3) is 11.4 Å². The van der Waals surface area contributed by atoms with Crippen LogP contribution in [-0.4, -0.2) is 20.2 Å². The summed E-state index contributed by atoms with van der Waals surface area (Å²) in [5.74, 6) is 0.696. The predicted octanol–water partition coefficient (Wildman–Crippen LogP) is 2.35. The Kier molecular flexibility index (Phi) is 3.30. The van der Waals surface area contributed by atoms with E-state index in [4.69, 9.17) is 0 Å². The second-order valence-electron chi connectivity index (χ2n) is 3.22. The zero-order chi connectivity index (χ0) is 10.7. The fourth-order valence-electron chi connectivity index (χ4n) is 1.28. The third-order valence-electron chi connectivity index (χ3n) is 1.96. The quantitative estimate of drug-likeness (QED) is 0.817. The van der Waals surface area contributed by atoms with Crippen LogP contribution in [0, 0.1) is 3.57 Å². The second-order valence-corrected chi connectivity index (χ2v) is 4.46. The second kappa shape index (κ2) is 4.69. The molecule has 5 heteroatoms. The van der Waals surface area contributed by atoms with Gasteiger partial charge in [0.25, 0.3) is 0 Å². The first-order chi connectivity index (χ1) is 7.29. The molecule has 0 aliphatic rings. The van der Waals surface area contributed by atoms with Gasteiger partial charge in [0.15, 0.2) is 0 Å². The van der Waals surface area contributed by atoms with E-state index in [1.54, 1.807) is 4.80 Å². The van der Waals surface area contributed by atoms with Crippen LogP contribution in [-0.2, 0) is 6.54 Å². The van der Waals surface area contributed by atoms with Crippen molar-refractivity contribution in [2.45, 2.75) is 19.9 Å². The summed E-state index contributed by atoms with van der Waals surface area (Å²) in [4.78, 5) is 1.63. The van der Waals surface area contributed by atoms with Crippen LogP contribution in [0.3, 0.4) is 0 Å². The SMILES string of the molecule is CCCn1nnc(-c2cccc(I)c2)n1. The van der Waals surface area contributed by atoms with Crippen molar-refractivity contribution in [3.8, 4) is 11.4 Å². The first kappa shape index (κ1) is 10.5. The van der Waals surface area contributed by atoms with Crippen LogP contribution in [0.2, 0.25) is 0 Å². The van der Waals surface area contributed by atoms with Gasteiger partial charge in [-0.15, -0.1) is 10.2 Å². The zero-order valence-corrected chi connectivity index (χ0v) is 10.5. The monoisotopic (exact) mass is 314 g/mol. The van der Waals surface area contributed by atoms with Gasteiger partial charge in [0.2, 0.25) is 5.82 Å². The molecule has 2 aromatic rings. The molecule has 0 bridgehead atoms. The molecule has 0 unspecified atom stereocenters. The highest BCUT2D eigenvalue weighted by Crippen LogP contribution is 2.16. The van der Waals surface area contributed by atoms with E-state index in [-0.39, 0.29) is 0 Å². The lowest BCUT2D eigenvalue weighted by Crippen LogP contribution is -2.00. The summed E-state index contributed by atoms with van der Waals surface area (Å²) in [5, 5.41) is 12.3. The topological polar surface area (TPSA) is 43.6 Å². The van der Waals surface area contributed by atoms with E-state index in [0.29, 0.717) is 5.82 Å². The van der Waals surface area contributed by atoms with Gasteiger partial charge in [-0.05, 0) is 46.4 Å². The highest BCUT2D eigenvalue weighted by molar-refractivity contribution is 14.1. The van der Waals surface area contributed by atoms with Crippen molar-refractivity contribution in [1.82, 2.24) is 20.2 Å². The Morgan fingerprint density at radius 2 is 2.27 bits per heavy atom. The standard InChI is InChI=1S/C10H11IN4/c1-2-6-15-13-10(12-14-15)8-4-3-5-9(11)7-8/h3-5,7H,2,6H2,1H3. The number of rotatable bonds is 3. The third-order valence-corrected chi connectivity index (χ3v) is 2.63. The molecule has 0 N–H and O–H groups in total. The molecule has 0 spiro atoms. The Hall–Kier alpha value is -0.980. The van der Waals surface area contributed by atoms with Gasteiger partial charge in [-0.3, -0.25) is 0 Å². The molecule has 0 atom stereocenters. The first-order valence-electron chi connectivity index (χ1n) is 4.83. The number of tetrazole rings is 1. The van der Waals surface area contributed by atoms with E-state index in [2.05, 4.69) is 44.9 Å². The van der Waals surface area contributed by atoms with Gasteiger partial charge >= 0.3 is 0 Å². The summed E-state index contributed by atoms with van der Waals surface area (Å²) in [6.07, 6.45) is 1.02. The smallest absolute Gasteiger partial charge is 0.164 e. The highest BCUT2D eigenvalue weighted by atomic mass is 127. The number of halogens is 1. The van der Waals surface area contributed by atoms with Crippen LogP contribution >= 0.6 is 22.6 Å². The zero-order valence-electron chi connectivity index (χ0n) is 8.39. The molecular formula is C10H11IN4. The van der Waals surface area contributed by atoms with Crippen LogP contribution in [0.4, 0.5) is 0 Å². The molecule has 1 aromatic heterocycles. The Morgan fingerprint density at radius 1 is 1.40 bits per heavy atom. The molecule has 2 rings (SSSR count). The lowest BCUT2D eigenvalue weighted by atomic mass is 10.2. The first-order valence-corrected chi connectivity index (χ1v) is 5.91. The van der Waals surface area contributed by atoms with Crippen molar-refractivity contribution in [3.05, 3.63) is 27.8 Å². The maximum atomic E-state index is 4.30. The van der Waals surface area contributed by atoms with E-state index in [0.717, 1.165) is 18.5 Å². The molecule has 0 aliphatic heterocycles. The summed E-state index contributed by atoms with van der Waals surface area (Å²) in [5.41, 5.74) is 1.02. The van der Waals surface area contributed by atoms with Crippen LogP contribution in [0.1, 0.15) is 13.3 Å². The minimum atomic E-state index is 0.696. The van der Waals surface area contributed by atoms with Gasteiger partial charge in [-0.2, -0.15) is 4.80 Å². The number of nitrogens with zero attached hydrogens (tertiary/aromatic N) is 4. The summed E-state index contributed by atoms with van der Waals surface area (Å²) < 4.78 is 1.18. The molecule has 0 fully saturated rings. The maximum absolute atomic E-state index is 4.30.